The molecule has 3 N–H and O–H groups in total. The Kier molecular flexibility index (Phi) is 2.28. The zero-order chi connectivity index (χ0) is 9.97. The fourth-order valence-electron chi connectivity index (χ4n) is 1.07. The fourth-order valence-corrected chi connectivity index (χ4v) is 1.31. The van der Waals surface area contributed by atoms with Gasteiger partial charge in [0.05, 0.1) is 12.4 Å². The van der Waals surface area contributed by atoms with Crippen molar-refractivity contribution in [1.82, 2.24) is 10.2 Å². The normalized spacial score (nSPS) is 10.1. The molecule has 0 aliphatic carbocycles. The van der Waals surface area contributed by atoms with Crippen LogP contribution in [0.25, 0.3) is 0 Å². The largest absolute Gasteiger partial charge is 0.454 e. The van der Waals surface area contributed by atoms with Crippen LogP contribution in [0.1, 0.15) is 0 Å². The van der Waals surface area contributed by atoms with E-state index in [1.807, 2.05) is 0 Å². The van der Waals surface area contributed by atoms with Crippen molar-refractivity contribution in [2.75, 3.05) is 5.73 Å². The lowest BCUT2D eigenvalue weighted by Gasteiger charge is -2.03. The van der Waals surface area contributed by atoms with Gasteiger partial charge in [-0.1, -0.05) is 11.6 Å². The van der Waals surface area contributed by atoms with E-state index in [1.165, 1.54) is 0 Å². The summed E-state index contributed by atoms with van der Waals surface area (Å²) < 4.78 is 5.42. The van der Waals surface area contributed by atoms with E-state index in [9.17, 15) is 0 Å². The van der Waals surface area contributed by atoms with Gasteiger partial charge in [0.25, 0.3) is 0 Å². The van der Waals surface area contributed by atoms with E-state index in [1.54, 1.807) is 30.6 Å². The standard InChI is InChI=1S/C9H8ClN3O/c10-6-1-7(11)3-8(2-6)14-9-4-12-13-5-9/h1-5H,11H2,(H,12,13). The van der Waals surface area contributed by atoms with Gasteiger partial charge >= 0.3 is 0 Å². The van der Waals surface area contributed by atoms with Gasteiger partial charge in [0.15, 0.2) is 5.75 Å². The molecule has 0 spiro atoms. The maximum absolute atomic E-state index is 5.81. The highest BCUT2D eigenvalue weighted by Gasteiger charge is 2.00. The molecule has 0 atom stereocenters. The molecule has 0 unspecified atom stereocenters. The summed E-state index contributed by atoms with van der Waals surface area (Å²) in [7, 11) is 0. The van der Waals surface area contributed by atoms with Crippen molar-refractivity contribution in [3.05, 3.63) is 35.6 Å². The minimum Gasteiger partial charge on any atom is -0.454 e. The number of hydrogen-bond acceptors (Lipinski definition) is 3. The number of anilines is 1. The van der Waals surface area contributed by atoms with Crippen molar-refractivity contribution in [3.63, 3.8) is 0 Å². The summed E-state index contributed by atoms with van der Waals surface area (Å²) in [6, 6.07) is 5.04. The molecule has 5 heteroatoms. The molecule has 1 aromatic carbocycles. The second-order valence-electron chi connectivity index (χ2n) is 2.76. The van der Waals surface area contributed by atoms with Crippen LogP contribution in [0, 0.1) is 0 Å². The molecule has 0 aliphatic heterocycles. The van der Waals surface area contributed by atoms with E-state index in [4.69, 9.17) is 22.1 Å². The lowest BCUT2D eigenvalue weighted by Crippen LogP contribution is -1.87. The molecule has 72 valence electrons. The molecule has 2 aromatic rings. The van der Waals surface area contributed by atoms with Gasteiger partial charge in [0.2, 0.25) is 0 Å². The first-order chi connectivity index (χ1) is 6.74. The van der Waals surface area contributed by atoms with Crippen LogP contribution in [0.3, 0.4) is 0 Å². The van der Waals surface area contributed by atoms with Crippen LogP contribution in [0.4, 0.5) is 5.69 Å². The average molecular weight is 210 g/mol. The average Bonchev–Trinajstić information content (AvgIpc) is 2.54. The van der Waals surface area contributed by atoms with Crippen molar-refractivity contribution in [3.8, 4) is 11.5 Å². The zero-order valence-electron chi connectivity index (χ0n) is 7.20. The number of aromatic nitrogens is 2. The van der Waals surface area contributed by atoms with E-state index in [0.717, 1.165) is 0 Å². The zero-order valence-corrected chi connectivity index (χ0v) is 7.95. The SMILES string of the molecule is Nc1cc(Cl)cc(Oc2cn[nH]c2)c1. The quantitative estimate of drug-likeness (QED) is 0.747. The number of halogens is 1. The van der Waals surface area contributed by atoms with Gasteiger partial charge in [-0.2, -0.15) is 5.10 Å². The van der Waals surface area contributed by atoms with Crippen LogP contribution < -0.4 is 10.5 Å². The maximum atomic E-state index is 5.81. The Morgan fingerprint density at radius 3 is 2.79 bits per heavy atom. The number of hydrogen-bond donors (Lipinski definition) is 2. The third-order valence-corrected chi connectivity index (χ3v) is 1.82. The molecular formula is C9H8ClN3O. The first kappa shape index (κ1) is 8.90. The molecule has 0 amide bonds. The molecule has 0 saturated heterocycles. The predicted molar refractivity (Wildman–Crippen MR) is 54.5 cm³/mol. The monoisotopic (exact) mass is 209 g/mol. The number of nitrogens with two attached hydrogens (primary N) is 1. The van der Waals surface area contributed by atoms with E-state index in [0.29, 0.717) is 22.2 Å². The summed E-state index contributed by atoms with van der Waals surface area (Å²) in [6.07, 6.45) is 3.20. The molecule has 0 fully saturated rings. The van der Waals surface area contributed by atoms with Gasteiger partial charge < -0.3 is 10.5 Å². The Hall–Kier alpha value is -1.68. The van der Waals surface area contributed by atoms with Crippen molar-refractivity contribution in [1.29, 1.82) is 0 Å². The lowest BCUT2D eigenvalue weighted by atomic mass is 10.3. The van der Waals surface area contributed by atoms with Crippen LogP contribution in [0.15, 0.2) is 30.6 Å². The van der Waals surface area contributed by atoms with E-state index < -0.39 is 0 Å². The molecule has 0 saturated carbocycles. The van der Waals surface area contributed by atoms with E-state index >= 15 is 0 Å². The number of ether oxygens (including phenoxy) is 1. The summed E-state index contributed by atoms with van der Waals surface area (Å²) >= 11 is 5.81. The highest BCUT2D eigenvalue weighted by atomic mass is 35.5. The number of nitrogens with zero attached hydrogens (tertiary/aromatic N) is 1. The Bertz CT molecular complexity index is 407. The van der Waals surface area contributed by atoms with E-state index in [2.05, 4.69) is 10.2 Å². The molecule has 0 aliphatic rings. The molecule has 0 bridgehead atoms. The molecule has 4 nitrogen and oxygen atoms in total. The van der Waals surface area contributed by atoms with Crippen molar-refractivity contribution in [2.45, 2.75) is 0 Å². The fraction of sp³-hybridized carbons (Fsp3) is 0. The summed E-state index contributed by atoms with van der Waals surface area (Å²) in [5.74, 6) is 1.21. The van der Waals surface area contributed by atoms with Gasteiger partial charge in [-0.25, -0.2) is 0 Å². The summed E-state index contributed by atoms with van der Waals surface area (Å²) in [5.41, 5.74) is 6.17. The van der Waals surface area contributed by atoms with Crippen LogP contribution >= 0.6 is 11.6 Å². The number of H-pyrrole nitrogens is 1. The smallest absolute Gasteiger partial charge is 0.165 e. The number of nitrogens with one attached hydrogen (secondary N) is 1. The third kappa shape index (κ3) is 1.97. The van der Waals surface area contributed by atoms with Crippen molar-refractivity contribution in [2.24, 2.45) is 0 Å². The van der Waals surface area contributed by atoms with Crippen molar-refractivity contribution >= 4 is 17.3 Å². The van der Waals surface area contributed by atoms with Gasteiger partial charge in [0, 0.05) is 16.8 Å². The number of aromatic amines is 1. The van der Waals surface area contributed by atoms with Gasteiger partial charge in [0.1, 0.15) is 5.75 Å². The number of benzene rings is 1. The van der Waals surface area contributed by atoms with Crippen LogP contribution in [-0.2, 0) is 0 Å². The van der Waals surface area contributed by atoms with E-state index in [-0.39, 0.29) is 0 Å². The molecule has 1 aromatic heterocycles. The van der Waals surface area contributed by atoms with Gasteiger partial charge in [-0.15, -0.1) is 0 Å². The minimum atomic E-state index is 0.545. The highest BCUT2D eigenvalue weighted by molar-refractivity contribution is 6.31. The highest BCUT2D eigenvalue weighted by Crippen LogP contribution is 2.26. The van der Waals surface area contributed by atoms with Gasteiger partial charge in [-0.3, -0.25) is 5.10 Å². The second-order valence-corrected chi connectivity index (χ2v) is 3.19. The molecule has 1 heterocycles. The topological polar surface area (TPSA) is 63.9 Å². The second kappa shape index (κ2) is 3.59. The number of rotatable bonds is 2. The minimum absolute atomic E-state index is 0.545. The number of nitrogen functional groups attached to an aromatic ring is 1. The van der Waals surface area contributed by atoms with Crippen LogP contribution in [-0.4, -0.2) is 10.2 Å². The Labute approximate surface area is 85.6 Å². The van der Waals surface area contributed by atoms with Crippen LogP contribution in [0.5, 0.6) is 11.5 Å². The predicted octanol–water partition coefficient (Wildman–Crippen LogP) is 2.44. The molecule has 14 heavy (non-hydrogen) atoms. The Balaban J connectivity index is 2.25. The molecular weight excluding hydrogens is 202 g/mol. The summed E-state index contributed by atoms with van der Waals surface area (Å²) in [5, 5.41) is 6.93. The Morgan fingerprint density at radius 2 is 2.14 bits per heavy atom. The lowest BCUT2D eigenvalue weighted by molar-refractivity contribution is 0.483. The molecule has 0 radical (unpaired) electrons. The summed E-state index contributed by atoms with van der Waals surface area (Å²) in [4.78, 5) is 0. The summed E-state index contributed by atoms with van der Waals surface area (Å²) in [6.45, 7) is 0. The first-order valence-electron chi connectivity index (χ1n) is 3.97. The third-order valence-electron chi connectivity index (χ3n) is 1.60. The first-order valence-corrected chi connectivity index (χ1v) is 4.34. The molecule has 2 rings (SSSR count). The van der Waals surface area contributed by atoms with Crippen molar-refractivity contribution < 1.29 is 4.74 Å². The van der Waals surface area contributed by atoms with Crippen LogP contribution in [0.2, 0.25) is 5.02 Å². The van der Waals surface area contributed by atoms with Gasteiger partial charge in [-0.05, 0) is 12.1 Å². The Morgan fingerprint density at radius 1 is 1.29 bits per heavy atom. The maximum Gasteiger partial charge on any atom is 0.165 e.